The number of likely N-dealkylation sites (tertiary alicyclic amines) is 1. The van der Waals surface area contributed by atoms with E-state index in [4.69, 9.17) is 0 Å². The van der Waals surface area contributed by atoms with Gasteiger partial charge in [-0.05, 0) is 80.8 Å². The zero-order valence-corrected chi connectivity index (χ0v) is 18.4. The van der Waals surface area contributed by atoms with Crippen molar-refractivity contribution in [1.29, 1.82) is 0 Å². The third-order valence-corrected chi connectivity index (χ3v) is 6.61. The molecule has 1 aromatic carbocycles. The van der Waals surface area contributed by atoms with Gasteiger partial charge in [-0.25, -0.2) is 4.39 Å². The van der Waals surface area contributed by atoms with Gasteiger partial charge in [0.05, 0.1) is 4.91 Å². The first-order chi connectivity index (χ1) is 14.8. The fourth-order valence-electron chi connectivity index (χ4n) is 4.10. The lowest BCUT2D eigenvalue weighted by Crippen LogP contribution is -2.44. The summed E-state index contributed by atoms with van der Waals surface area (Å²) in [5.74, 6) is -0.963. The molecule has 8 heteroatoms. The smallest absolute Gasteiger partial charge is 0.294 e. The fraction of sp³-hybridized carbons (Fsp3) is 0.348. The molecule has 2 aromatic rings. The van der Waals surface area contributed by atoms with E-state index >= 15 is 0 Å². The Morgan fingerprint density at radius 1 is 1.13 bits per heavy atom. The van der Waals surface area contributed by atoms with Crippen LogP contribution in [-0.4, -0.2) is 51.1 Å². The number of aryl methyl sites for hydroxylation is 1. The van der Waals surface area contributed by atoms with Crippen LogP contribution in [0.5, 0.6) is 0 Å². The van der Waals surface area contributed by atoms with Crippen molar-refractivity contribution < 1.29 is 18.8 Å². The van der Waals surface area contributed by atoms with Crippen molar-refractivity contribution in [2.75, 3.05) is 19.6 Å². The third-order valence-electron chi connectivity index (χ3n) is 5.70. The number of hydrogen-bond acceptors (Lipinski definition) is 4. The van der Waals surface area contributed by atoms with E-state index in [0.29, 0.717) is 18.8 Å². The Bertz CT molecular complexity index is 1090. The molecule has 0 radical (unpaired) electrons. The standard InChI is InChI=1S/C23H24FN3O3S/c1-15-11-17(16(2)27(15)19-8-6-7-18(24)13-19)12-20-22(29)26(23(30)31-20)14-21(28)25-9-4-3-5-10-25/h6-8,11-13H,3-5,9-10,14H2,1-2H3/b20-12-. The van der Waals surface area contributed by atoms with E-state index in [1.807, 2.05) is 30.5 Å². The van der Waals surface area contributed by atoms with E-state index in [9.17, 15) is 18.8 Å². The number of piperidine rings is 1. The number of imide groups is 1. The SMILES string of the molecule is Cc1cc(/C=C2\SC(=O)N(CC(=O)N3CCCCC3)C2=O)c(C)n1-c1cccc(F)c1. The number of benzene rings is 1. The highest BCUT2D eigenvalue weighted by Crippen LogP contribution is 2.34. The van der Waals surface area contributed by atoms with Gasteiger partial charge in [0.2, 0.25) is 5.91 Å². The van der Waals surface area contributed by atoms with Crippen LogP contribution >= 0.6 is 11.8 Å². The summed E-state index contributed by atoms with van der Waals surface area (Å²) in [5, 5.41) is -0.430. The molecule has 0 N–H and O–H groups in total. The Balaban J connectivity index is 1.56. The zero-order chi connectivity index (χ0) is 22.1. The summed E-state index contributed by atoms with van der Waals surface area (Å²) >= 11 is 0.846. The molecule has 2 aliphatic rings. The maximum atomic E-state index is 13.7. The molecule has 2 fully saturated rings. The Hall–Kier alpha value is -2.87. The topological polar surface area (TPSA) is 62.6 Å². The molecule has 0 atom stereocenters. The second-order valence-electron chi connectivity index (χ2n) is 7.85. The van der Waals surface area contributed by atoms with Crippen molar-refractivity contribution in [3.05, 3.63) is 58.0 Å². The van der Waals surface area contributed by atoms with Gasteiger partial charge in [0, 0.05) is 30.2 Å². The average Bonchev–Trinajstić information content (AvgIpc) is 3.18. The Morgan fingerprint density at radius 3 is 2.58 bits per heavy atom. The van der Waals surface area contributed by atoms with Gasteiger partial charge in [0.1, 0.15) is 12.4 Å². The lowest BCUT2D eigenvalue weighted by molar-refractivity contribution is -0.136. The van der Waals surface area contributed by atoms with E-state index in [1.54, 1.807) is 17.0 Å². The Morgan fingerprint density at radius 2 is 1.87 bits per heavy atom. The van der Waals surface area contributed by atoms with Crippen molar-refractivity contribution >= 4 is 34.9 Å². The molecule has 4 rings (SSSR count). The van der Waals surface area contributed by atoms with E-state index in [0.717, 1.165) is 52.9 Å². The van der Waals surface area contributed by atoms with Crippen molar-refractivity contribution in [3.63, 3.8) is 0 Å². The van der Waals surface area contributed by atoms with Crippen LogP contribution in [0, 0.1) is 19.7 Å². The minimum Gasteiger partial charge on any atom is -0.341 e. The molecule has 2 saturated heterocycles. The van der Waals surface area contributed by atoms with Gasteiger partial charge in [0.25, 0.3) is 11.1 Å². The van der Waals surface area contributed by atoms with Crippen LogP contribution in [0.15, 0.2) is 35.2 Å². The minimum atomic E-state index is -0.448. The van der Waals surface area contributed by atoms with Gasteiger partial charge < -0.3 is 9.47 Å². The Labute approximate surface area is 184 Å². The number of amides is 3. The highest BCUT2D eigenvalue weighted by molar-refractivity contribution is 8.18. The third kappa shape index (κ3) is 4.30. The van der Waals surface area contributed by atoms with Crippen LogP contribution < -0.4 is 0 Å². The number of hydrogen-bond donors (Lipinski definition) is 0. The molecule has 0 unspecified atom stereocenters. The molecule has 2 aliphatic heterocycles. The zero-order valence-electron chi connectivity index (χ0n) is 17.6. The fourth-order valence-corrected chi connectivity index (χ4v) is 4.93. The van der Waals surface area contributed by atoms with E-state index < -0.39 is 11.1 Å². The first-order valence-corrected chi connectivity index (χ1v) is 11.1. The molecular formula is C23H24FN3O3S. The minimum absolute atomic E-state index is 0.187. The monoisotopic (exact) mass is 441 g/mol. The molecule has 0 spiro atoms. The molecule has 0 saturated carbocycles. The average molecular weight is 442 g/mol. The van der Waals surface area contributed by atoms with Crippen molar-refractivity contribution in [1.82, 2.24) is 14.4 Å². The van der Waals surface area contributed by atoms with E-state index in [1.165, 1.54) is 12.1 Å². The largest absolute Gasteiger partial charge is 0.341 e. The summed E-state index contributed by atoms with van der Waals surface area (Å²) < 4.78 is 15.6. The van der Waals surface area contributed by atoms with Gasteiger partial charge in [-0.3, -0.25) is 19.3 Å². The first kappa shape index (κ1) is 21.4. The van der Waals surface area contributed by atoms with Crippen molar-refractivity contribution in [2.45, 2.75) is 33.1 Å². The highest BCUT2D eigenvalue weighted by Gasteiger charge is 2.37. The van der Waals surface area contributed by atoms with Crippen molar-refractivity contribution in [3.8, 4) is 5.69 Å². The summed E-state index contributed by atoms with van der Waals surface area (Å²) in [6.07, 6.45) is 4.68. The summed E-state index contributed by atoms with van der Waals surface area (Å²) in [6.45, 7) is 4.92. The van der Waals surface area contributed by atoms with Crippen LogP contribution in [0.1, 0.15) is 36.2 Å². The van der Waals surface area contributed by atoms with Gasteiger partial charge in [0.15, 0.2) is 0 Å². The predicted octanol–water partition coefficient (Wildman–Crippen LogP) is 4.28. The molecular weight excluding hydrogens is 417 g/mol. The lowest BCUT2D eigenvalue weighted by Gasteiger charge is -2.27. The number of aromatic nitrogens is 1. The van der Waals surface area contributed by atoms with Gasteiger partial charge in [-0.15, -0.1) is 0 Å². The summed E-state index contributed by atoms with van der Waals surface area (Å²) in [5.41, 5.74) is 3.18. The highest BCUT2D eigenvalue weighted by atomic mass is 32.2. The lowest BCUT2D eigenvalue weighted by atomic mass is 10.1. The molecule has 162 valence electrons. The molecule has 3 amide bonds. The number of rotatable bonds is 4. The number of thioether (sulfide) groups is 1. The second-order valence-corrected chi connectivity index (χ2v) is 8.84. The molecule has 0 bridgehead atoms. The maximum Gasteiger partial charge on any atom is 0.294 e. The summed E-state index contributed by atoms with van der Waals surface area (Å²) in [7, 11) is 0. The molecule has 6 nitrogen and oxygen atoms in total. The number of nitrogens with zero attached hydrogens (tertiary/aromatic N) is 3. The number of carbonyl (C=O) groups excluding carboxylic acids is 3. The molecule has 1 aromatic heterocycles. The molecule has 0 aliphatic carbocycles. The van der Waals surface area contributed by atoms with E-state index in [2.05, 4.69) is 0 Å². The Kier molecular flexibility index (Phi) is 6.00. The van der Waals surface area contributed by atoms with Gasteiger partial charge in [-0.1, -0.05) is 6.07 Å². The quantitative estimate of drug-likeness (QED) is 0.665. The molecule has 31 heavy (non-hydrogen) atoms. The molecule has 3 heterocycles. The number of halogens is 1. The summed E-state index contributed by atoms with van der Waals surface area (Å²) in [4.78, 5) is 40.8. The number of carbonyl (C=O) groups is 3. The van der Waals surface area contributed by atoms with Crippen molar-refractivity contribution in [2.24, 2.45) is 0 Å². The normalized spacial score (nSPS) is 18.4. The van der Waals surface area contributed by atoms with Crippen LogP contribution in [0.2, 0.25) is 0 Å². The maximum absolute atomic E-state index is 13.7. The summed E-state index contributed by atoms with van der Waals surface area (Å²) in [6, 6.07) is 8.19. The van der Waals surface area contributed by atoms with Crippen LogP contribution in [0.4, 0.5) is 9.18 Å². The van der Waals surface area contributed by atoms with Gasteiger partial charge in [-0.2, -0.15) is 0 Å². The first-order valence-electron chi connectivity index (χ1n) is 10.3. The van der Waals surface area contributed by atoms with Crippen LogP contribution in [-0.2, 0) is 9.59 Å². The van der Waals surface area contributed by atoms with Gasteiger partial charge >= 0.3 is 0 Å². The second kappa shape index (κ2) is 8.70. The van der Waals surface area contributed by atoms with Crippen LogP contribution in [0.3, 0.4) is 0 Å². The predicted molar refractivity (Wildman–Crippen MR) is 118 cm³/mol. The van der Waals surface area contributed by atoms with E-state index in [-0.39, 0.29) is 23.2 Å². The van der Waals surface area contributed by atoms with Crippen LogP contribution in [0.25, 0.3) is 11.8 Å².